The lowest BCUT2D eigenvalue weighted by molar-refractivity contribution is 0.0931. The second-order valence-corrected chi connectivity index (χ2v) is 4.55. The van der Waals surface area contributed by atoms with E-state index in [-0.39, 0.29) is 23.2 Å². The standard InChI is InChI=1S/C13H18O4/c1-7(2)9-6-10(16-5)11(13(15)17-9)12(14)8(3)4/h6-8H,1-5H3. The van der Waals surface area contributed by atoms with Gasteiger partial charge in [-0.15, -0.1) is 0 Å². The summed E-state index contributed by atoms with van der Waals surface area (Å²) in [6.07, 6.45) is 0. The van der Waals surface area contributed by atoms with E-state index in [0.717, 1.165) is 0 Å². The van der Waals surface area contributed by atoms with E-state index in [1.807, 2.05) is 13.8 Å². The highest BCUT2D eigenvalue weighted by Gasteiger charge is 2.22. The largest absolute Gasteiger partial charge is 0.496 e. The average Bonchev–Trinajstić information content (AvgIpc) is 2.26. The molecular formula is C13H18O4. The van der Waals surface area contributed by atoms with E-state index in [0.29, 0.717) is 11.5 Å². The minimum Gasteiger partial charge on any atom is -0.496 e. The summed E-state index contributed by atoms with van der Waals surface area (Å²) in [5, 5.41) is 0. The number of carbonyl (C=O) groups excluding carboxylic acids is 1. The Morgan fingerprint density at radius 1 is 1.29 bits per heavy atom. The zero-order chi connectivity index (χ0) is 13.2. The maximum atomic E-state index is 11.9. The van der Waals surface area contributed by atoms with Gasteiger partial charge in [0.15, 0.2) is 5.78 Å². The summed E-state index contributed by atoms with van der Waals surface area (Å²) in [6, 6.07) is 1.61. The molecular weight excluding hydrogens is 220 g/mol. The van der Waals surface area contributed by atoms with E-state index >= 15 is 0 Å². The first-order valence-corrected chi connectivity index (χ1v) is 5.64. The SMILES string of the molecule is COc1cc(C(C)C)oc(=O)c1C(=O)C(C)C. The molecule has 0 unspecified atom stereocenters. The number of ether oxygens (including phenoxy) is 1. The summed E-state index contributed by atoms with van der Waals surface area (Å²) < 4.78 is 10.2. The van der Waals surface area contributed by atoms with Crippen molar-refractivity contribution >= 4 is 5.78 Å². The third-order valence-electron chi connectivity index (χ3n) is 2.49. The van der Waals surface area contributed by atoms with E-state index in [1.165, 1.54) is 7.11 Å². The molecule has 0 aliphatic heterocycles. The van der Waals surface area contributed by atoms with Gasteiger partial charge in [0, 0.05) is 17.9 Å². The van der Waals surface area contributed by atoms with Crippen molar-refractivity contribution in [1.82, 2.24) is 0 Å². The smallest absolute Gasteiger partial charge is 0.350 e. The lowest BCUT2D eigenvalue weighted by Crippen LogP contribution is -2.20. The van der Waals surface area contributed by atoms with Crippen molar-refractivity contribution in [3.8, 4) is 5.75 Å². The predicted molar refractivity (Wildman–Crippen MR) is 64.8 cm³/mol. The van der Waals surface area contributed by atoms with Crippen LogP contribution in [-0.2, 0) is 0 Å². The Labute approximate surface area is 101 Å². The molecule has 0 aromatic carbocycles. The summed E-state index contributed by atoms with van der Waals surface area (Å²) in [5.41, 5.74) is -0.612. The van der Waals surface area contributed by atoms with Crippen LogP contribution < -0.4 is 10.4 Å². The molecule has 1 heterocycles. The van der Waals surface area contributed by atoms with Gasteiger partial charge in [-0.1, -0.05) is 27.7 Å². The third kappa shape index (κ3) is 2.75. The first-order valence-electron chi connectivity index (χ1n) is 5.64. The zero-order valence-electron chi connectivity index (χ0n) is 10.9. The zero-order valence-corrected chi connectivity index (χ0v) is 10.9. The Morgan fingerprint density at radius 2 is 1.88 bits per heavy atom. The molecule has 1 rings (SSSR count). The Morgan fingerprint density at radius 3 is 2.29 bits per heavy atom. The topological polar surface area (TPSA) is 56.5 Å². The minimum atomic E-state index is -0.619. The molecule has 0 aliphatic carbocycles. The van der Waals surface area contributed by atoms with Gasteiger partial charge >= 0.3 is 5.63 Å². The van der Waals surface area contributed by atoms with Crippen LogP contribution in [0.1, 0.15) is 49.7 Å². The van der Waals surface area contributed by atoms with Gasteiger partial charge in [0.25, 0.3) is 0 Å². The van der Waals surface area contributed by atoms with E-state index in [2.05, 4.69) is 0 Å². The van der Waals surface area contributed by atoms with Gasteiger partial charge in [0.1, 0.15) is 17.1 Å². The van der Waals surface area contributed by atoms with Crippen molar-refractivity contribution in [3.05, 3.63) is 27.8 Å². The van der Waals surface area contributed by atoms with Crippen LogP contribution in [0.3, 0.4) is 0 Å². The fourth-order valence-electron chi connectivity index (χ4n) is 1.45. The molecule has 0 N–H and O–H groups in total. The first kappa shape index (κ1) is 13.5. The Kier molecular flexibility index (Phi) is 4.10. The summed E-state index contributed by atoms with van der Waals surface area (Å²) >= 11 is 0. The lowest BCUT2D eigenvalue weighted by Gasteiger charge is -2.11. The minimum absolute atomic E-state index is 0.00639. The number of hydrogen-bond acceptors (Lipinski definition) is 4. The second kappa shape index (κ2) is 5.17. The van der Waals surface area contributed by atoms with Crippen LogP contribution in [-0.4, -0.2) is 12.9 Å². The molecule has 17 heavy (non-hydrogen) atoms. The maximum Gasteiger partial charge on any atom is 0.350 e. The van der Waals surface area contributed by atoms with Crippen LogP contribution in [0.4, 0.5) is 0 Å². The Balaban J connectivity index is 3.42. The maximum absolute atomic E-state index is 11.9. The monoisotopic (exact) mass is 238 g/mol. The van der Waals surface area contributed by atoms with E-state index in [1.54, 1.807) is 19.9 Å². The van der Waals surface area contributed by atoms with Crippen molar-refractivity contribution in [1.29, 1.82) is 0 Å². The van der Waals surface area contributed by atoms with Crippen LogP contribution in [0.15, 0.2) is 15.3 Å². The molecule has 1 aromatic rings. The quantitative estimate of drug-likeness (QED) is 0.756. The molecule has 0 bridgehead atoms. The van der Waals surface area contributed by atoms with Crippen molar-refractivity contribution in [2.24, 2.45) is 5.92 Å². The average molecular weight is 238 g/mol. The third-order valence-corrected chi connectivity index (χ3v) is 2.49. The highest BCUT2D eigenvalue weighted by molar-refractivity contribution is 5.99. The van der Waals surface area contributed by atoms with Gasteiger partial charge in [0.2, 0.25) is 0 Å². The Bertz CT molecular complexity index is 469. The number of hydrogen-bond donors (Lipinski definition) is 0. The highest BCUT2D eigenvalue weighted by atomic mass is 16.5. The fraction of sp³-hybridized carbons (Fsp3) is 0.538. The van der Waals surface area contributed by atoms with Crippen molar-refractivity contribution in [3.63, 3.8) is 0 Å². The van der Waals surface area contributed by atoms with Gasteiger partial charge in [-0.2, -0.15) is 0 Å². The molecule has 94 valence electrons. The Hall–Kier alpha value is -1.58. The summed E-state index contributed by atoms with van der Waals surface area (Å²) in [6.45, 7) is 7.28. The van der Waals surface area contributed by atoms with Crippen LogP contribution in [0.5, 0.6) is 5.75 Å². The van der Waals surface area contributed by atoms with Gasteiger partial charge in [-0.05, 0) is 0 Å². The summed E-state index contributed by atoms with van der Waals surface area (Å²) in [5.74, 6) is 0.359. The van der Waals surface area contributed by atoms with Crippen molar-refractivity contribution in [2.45, 2.75) is 33.6 Å². The van der Waals surface area contributed by atoms with E-state index in [4.69, 9.17) is 9.15 Å². The number of carbonyl (C=O) groups is 1. The highest BCUT2D eigenvalue weighted by Crippen LogP contribution is 2.23. The van der Waals surface area contributed by atoms with Crippen LogP contribution >= 0.6 is 0 Å². The molecule has 4 heteroatoms. The molecule has 0 spiro atoms. The van der Waals surface area contributed by atoms with E-state index in [9.17, 15) is 9.59 Å². The van der Waals surface area contributed by atoms with Crippen LogP contribution in [0, 0.1) is 5.92 Å². The second-order valence-electron chi connectivity index (χ2n) is 4.55. The molecule has 0 saturated carbocycles. The summed E-state index contributed by atoms with van der Waals surface area (Å²) in [4.78, 5) is 23.7. The molecule has 0 aliphatic rings. The molecule has 0 amide bonds. The fourth-order valence-corrected chi connectivity index (χ4v) is 1.45. The predicted octanol–water partition coefficient (Wildman–Crippen LogP) is 2.61. The molecule has 4 nitrogen and oxygen atoms in total. The number of rotatable bonds is 4. The van der Waals surface area contributed by atoms with Gasteiger partial charge < -0.3 is 9.15 Å². The van der Waals surface area contributed by atoms with Gasteiger partial charge in [-0.25, -0.2) is 4.79 Å². The molecule has 0 atom stereocenters. The molecule has 0 saturated heterocycles. The number of methoxy groups -OCH3 is 1. The lowest BCUT2D eigenvalue weighted by atomic mass is 10.0. The first-order chi connectivity index (χ1) is 7.88. The van der Waals surface area contributed by atoms with Crippen LogP contribution in [0.2, 0.25) is 0 Å². The normalized spacial score (nSPS) is 11.0. The number of Topliss-reactive ketones (excluding diaryl/α,β-unsaturated/α-hetero) is 1. The molecule has 0 radical (unpaired) electrons. The van der Waals surface area contributed by atoms with E-state index < -0.39 is 5.63 Å². The number of ketones is 1. The van der Waals surface area contributed by atoms with Crippen molar-refractivity contribution in [2.75, 3.05) is 7.11 Å². The molecule has 0 fully saturated rings. The van der Waals surface area contributed by atoms with Gasteiger partial charge in [0.05, 0.1) is 7.11 Å². The summed E-state index contributed by atoms with van der Waals surface area (Å²) in [7, 11) is 1.44. The van der Waals surface area contributed by atoms with Crippen molar-refractivity contribution < 1.29 is 13.9 Å². The van der Waals surface area contributed by atoms with Crippen LogP contribution in [0.25, 0.3) is 0 Å². The van der Waals surface area contributed by atoms with Gasteiger partial charge in [-0.3, -0.25) is 4.79 Å². The molecule has 1 aromatic heterocycles.